The quantitative estimate of drug-likeness (QED) is 0.941. The van der Waals surface area contributed by atoms with Crippen LogP contribution in [0.3, 0.4) is 0 Å². The molecule has 3 rings (SSSR count). The predicted octanol–water partition coefficient (Wildman–Crippen LogP) is 3.43. The fraction of sp³-hybridized carbons (Fsp3) is 0.250. The summed E-state index contributed by atoms with van der Waals surface area (Å²) in [5.74, 6) is 0.386. The molecule has 6 heteroatoms. The molecular formula is C12H10BrN3OS. The van der Waals surface area contributed by atoms with Gasteiger partial charge in [0.2, 0.25) is 0 Å². The highest BCUT2D eigenvalue weighted by Crippen LogP contribution is 2.40. The second-order valence-corrected chi connectivity index (χ2v) is 5.94. The summed E-state index contributed by atoms with van der Waals surface area (Å²) in [6, 6.07) is 3.47. The summed E-state index contributed by atoms with van der Waals surface area (Å²) in [7, 11) is 0. The zero-order valence-corrected chi connectivity index (χ0v) is 11.8. The number of carbonyl (C=O) groups excluding carboxylic acids is 1. The van der Waals surface area contributed by atoms with Gasteiger partial charge in [0.25, 0.3) is 5.91 Å². The summed E-state index contributed by atoms with van der Waals surface area (Å²) >= 11 is 4.75. The van der Waals surface area contributed by atoms with Gasteiger partial charge in [-0.1, -0.05) is 0 Å². The maximum Gasteiger partial charge on any atom is 0.276 e. The van der Waals surface area contributed by atoms with Crippen LogP contribution in [0.25, 0.3) is 0 Å². The zero-order valence-electron chi connectivity index (χ0n) is 9.39. The van der Waals surface area contributed by atoms with Gasteiger partial charge in [0.15, 0.2) is 5.13 Å². The standard InChI is InChI=1S/C12H10BrN3OS/c13-8-3-4-9(14-5-8)11(17)16-12-15-10(6-18-12)7-1-2-7/h3-7H,1-2H2,(H,15,16,17). The molecule has 0 spiro atoms. The first-order chi connectivity index (χ1) is 8.72. The van der Waals surface area contributed by atoms with Crippen molar-refractivity contribution in [2.24, 2.45) is 0 Å². The number of amides is 1. The first-order valence-corrected chi connectivity index (χ1v) is 7.28. The number of anilines is 1. The smallest absolute Gasteiger partial charge is 0.276 e. The largest absolute Gasteiger partial charge is 0.296 e. The van der Waals surface area contributed by atoms with E-state index in [4.69, 9.17) is 0 Å². The highest BCUT2D eigenvalue weighted by Gasteiger charge is 2.26. The Morgan fingerprint density at radius 2 is 2.28 bits per heavy atom. The van der Waals surface area contributed by atoms with Crippen molar-refractivity contribution in [3.63, 3.8) is 0 Å². The molecule has 1 fully saturated rings. The number of nitrogens with one attached hydrogen (secondary N) is 1. The van der Waals surface area contributed by atoms with Crippen LogP contribution in [0.1, 0.15) is 34.9 Å². The number of hydrogen-bond donors (Lipinski definition) is 1. The van der Waals surface area contributed by atoms with Gasteiger partial charge in [0.05, 0.1) is 5.69 Å². The molecular weight excluding hydrogens is 314 g/mol. The fourth-order valence-electron chi connectivity index (χ4n) is 1.58. The van der Waals surface area contributed by atoms with Crippen molar-refractivity contribution in [2.75, 3.05) is 5.32 Å². The van der Waals surface area contributed by atoms with Gasteiger partial charge in [-0.25, -0.2) is 9.97 Å². The lowest BCUT2D eigenvalue weighted by molar-refractivity contribution is 0.102. The van der Waals surface area contributed by atoms with E-state index >= 15 is 0 Å². The molecule has 1 aliphatic rings. The second kappa shape index (κ2) is 4.78. The topological polar surface area (TPSA) is 54.9 Å². The molecule has 0 saturated heterocycles. The molecule has 2 aromatic heterocycles. The lowest BCUT2D eigenvalue weighted by Crippen LogP contribution is -2.13. The van der Waals surface area contributed by atoms with Crippen LogP contribution in [0.15, 0.2) is 28.2 Å². The number of aromatic nitrogens is 2. The number of rotatable bonds is 3. The third-order valence-corrected chi connectivity index (χ3v) is 3.94. The molecule has 2 heterocycles. The van der Waals surface area contributed by atoms with E-state index in [1.807, 2.05) is 5.38 Å². The lowest BCUT2D eigenvalue weighted by Gasteiger charge is -2.00. The van der Waals surface area contributed by atoms with Gasteiger partial charge in [0.1, 0.15) is 5.69 Å². The van der Waals surface area contributed by atoms with E-state index in [0.717, 1.165) is 10.2 Å². The maximum atomic E-state index is 11.9. The van der Waals surface area contributed by atoms with Crippen LogP contribution in [-0.2, 0) is 0 Å². The summed E-state index contributed by atoms with van der Waals surface area (Å²) in [4.78, 5) is 20.3. The van der Waals surface area contributed by atoms with E-state index in [1.165, 1.54) is 24.2 Å². The van der Waals surface area contributed by atoms with Gasteiger partial charge in [-0.2, -0.15) is 0 Å². The molecule has 0 radical (unpaired) electrons. The summed E-state index contributed by atoms with van der Waals surface area (Å²) < 4.78 is 0.851. The van der Waals surface area contributed by atoms with Crippen molar-refractivity contribution >= 4 is 38.3 Å². The molecule has 1 saturated carbocycles. The molecule has 4 nitrogen and oxygen atoms in total. The van der Waals surface area contributed by atoms with Gasteiger partial charge < -0.3 is 0 Å². The third-order valence-electron chi connectivity index (χ3n) is 2.70. The number of thiazole rings is 1. The summed E-state index contributed by atoms with van der Waals surface area (Å²) in [6.45, 7) is 0. The van der Waals surface area contributed by atoms with E-state index in [0.29, 0.717) is 16.7 Å². The van der Waals surface area contributed by atoms with Gasteiger partial charge >= 0.3 is 0 Å². The average molecular weight is 324 g/mol. The van der Waals surface area contributed by atoms with Crippen LogP contribution in [0.2, 0.25) is 0 Å². The van der Waals surface area contributed by atoms with Gasteiger partial charge in [-0.3, -0.25) is 10.1 Å². The summed E-state index contributed by atoms with van der Waals surface area (Å²) in [5.41, 5.74) is 1.49. The Hall–Kier alpha value is -1.27. The number of nitrogens with zero attached hydrogens (tertiary/aromatic N) is 2. The van der Waals surface area contributed by atoms with E-state index in [2.05, 4.69) is 31.2 Å². The van der Waals surface area contributed by atoms with E-state index in [9.17, 15) is 4.79 Å². The molecule has 92 valence electrons. The van der Waals surface area contributed by atoms with Gasteiger partial charge in [-0.05, 0) is 40.9 Å². The van der Waals surface area contributed by atoms with E-state index in [1.54, 1.807) is 18.3 Å². The monoisotopic (exact) mass is 323 g/mol. The minimum atomic E-state index is -0.223. The Kier molecular flexibility index (Phi) is 3.13. The number of pyridine rings is 1. The van der Waals surface area contributed by atoms with Crippen LogP contribution in [0, 0.1) is 0 Å². The molecule has 0 bridgehead atoms. The normalized spacial score (nSPS) is 14.5. The molecule has 0 atom stereocenters. The van der Waals surface area contributed by atoms with Crippen LogP contribution >= 0.6 is 27.3 Å². The first-order valence-electron chi connectivity index (χ1n) is 5.61. The number of hydrogen-bond acceptors (Lipinski definition) is 4. The fourth-order valence-corrected chi connectivity index (χ4v) is 2.60. The molecule has 1 amide bonds. The maximum absolute atomic E-state index is 11.9. The van der Waals surface area contributed by atoms with E-state index < -0.39 is 0 Å². The van der Waals surface area contributed by atoms with Crippen molar-refractivity contribution in [1.29, 1.82) is 0 Å². The third kappa shape index (κ3) is 2.59. The Morgan fingerprint density at radius 3 is 2.94 bits per heavy atom. The van der Waals surface area contributed by atoms with Crippen molar-refractivity contribution in [2.45, 2.75) is 18.8 Å². The average Bonchev–Trinajstić information content (AvgIpc) is 3.11. The Balaban J connectivity index is 1.70. The number of carbonyl (C=O) groups is 1. The van der Waals surface area contributed by atoms with E-state index in [-0.39, 0.29) is 5.91 Å². The highest BCUT2D eigenvalue weighted by molar-refractivity contribution is 9.10. The molecule has 0 aliphatic heterocycles. The molecule has 0 unspecified atom stereocenters. The van der Waals surface area contributed by atoms with Crippen molar-refractivity contribution in [3.05, 3.63) is 39.6 Å². The van der Waals surface area contributed by atoms with Crippen LogP contribution in [0.4, 0.5) is 5.13 Å². The zero-order chi connectivity index (χ0) is 12.5. The summed E-state index contributed by atoms with van der Waals surface area (Å²) in [6.07, 6.45) is 4.03. The minimum Gasteiger partial charge on any atom is -0.296 e. The predicted molar refractivity (Wildman–Crippen MR) is 74.0 cm³/mol. The van der Waals surface area contributed by atoms with Crippen molar-refractivity contribution in [3.8, 4) is 0 Å². The van der Waals surface area contributed by atoms with Crippen LogP contribution in [-0.4, -0.2) is 15.9 Å². The molecule has 2 aromatic rings. The Labute approximate surface area is 117 Å². The van der Waals surface area contributed by atoms with Crippen molar-refractivity contribution < 1.29 is 4.79 Å². The molecule has 0 aromatic carbocycles. The van der Waals surface area contributed by atoms with Crippen LogP contribution < -0.4 is 5.32 Å². The summed E-state index contributed by atoms with van der Waals surface area (Å²) in [5, 5.41) is 5.43. The molecule has 1 aliphatic carbocycles. The lowest BCUT2D eigenvalue weighted by atomic mass is 10.3. The van der Waals surface area contributed by atoms with Crippen molar-refractivity contribution in [1.82, 2.24) is 9.97 Å². The number of halogens is 1. The van der Waals surface area contributed by atoms with Crippen LogP contribution in [0.5, 0.6) is 0 Å². The minimum absolute atomic E-state index is 0.223. The van der Waals surface area contributed by atoms with Gasteiger partial charge in [-0.15, -0.1) is 11.3 Å². The Bertz CT molecular complexity index is 577. The first kappa shape index (κ1) is 11.8. The SMILES string of the molecule is O=C(Nc1nc(C2CC2)cs1)c1ccc(Br)cn1. The second-order valence-electron chi connectivity index (χ2n) is 4.17. The molecule has 1 N–H and O–H groups in total. The Morgan fingerprint density at radius 1 is 1.44 bits per heavy atom. The van der Waals surface area contributed by atoms with Gasteiger partial charge in [0, 0.05) is 22.0 Å². The molecule has 18 heavy (non-hydrogen) atoms. The highest BCUT2D eigenvalue weighted by atomic mass is 79.9.